The zero-order valence-corrected chi connectivity index (χ0v) is 16.7. The topological polar surface area (TPSA) is 31.2 Å². The summed E-state index contributed by atoms with van der Waals surface area (Å²) in [5.41, 5.74) is 5.03. The van der Waals surface area contributed by atoms with E-state index in [1.54, 1.807) is 12.1 Å². The molecule has 0 bridgehead atoms. The molecular formula is C23H24ClNO2. The molecule has 0 saturated carbocycles. The van der Waals surface area contributed by atoms with E-state index in [9.17, 15) is 4.79 Å². The average Bonchev–Trinajstić information content (AvgIpc) is 2.95. The number of aryl methyl sites for hydroxylation is 3. The molecule has 0 amide bonds. The molecule has 0 radical (unpaired) electrons. The van der Waals surface area contributed by atoms with Crippen LogP contribution in [0.2, 0.25) is 5.02 Å². The van der Waals surface area contributed by atoms with E-state index in [-0.39, 0.29) is 12.4 Å². The number of aromatic nitrogens is 1. The third-order valence-electron chi connectivity index (χ3n) is 4.84. The fourth-order valence-corrected chi connectivity index (χ4v) is 3.36. The van der Waals surface area contributed by atoms with E-state index in [4.69, 9.17) is 16.3 Å². The van der Waals surface area contributed by atoms with Gasteiger partial charge in [-0.1, -0.05) is 41.9 Å². The minimum absolute atomic E-state index is 0.0123. The Balaban J connectivity index is 1.67. The lowest BCUT2D eigenvalue weighted by molar-refractivity contribution is 0.0920. The molecule has 0 aliphatic heterocycles. The van der Waals surface area contributed by atoms with Crippen molar-refractivity contribution in [2.45, 2.75) is 33.7 Å². The van der Waals surface area contributed by atoms with Gasteiger partial charge in [-0.2, -0.15) is 0 Å². The highest BCUT2D eigenvalue weighted by Crippen LogP contribution is 2.22. The SMILES string of the molecule is Cc1cc(OCC(=O)c2cc(C)n(CCc3ccccc3)c2C)ccc1Cl. The molecule has 0 fully saturated rings. The molecule has 0 aliphatic carbocycles. The van der Waals surface area contributed by atoms with Gasteiger partial charge in [0.25, 0.3) is 0 Å². The predicted molar refractivity (Wildman–Crippen MR) is 110 cm³/mol. The largest absolute Gasteiger partial charge is 0.485 e. The maximum absolute atomic E-state index is 12.7. The maximum atomic E-state index is 12.7. The second-order valence-electron chi connectivity index (χ2n) is 6.79. The van der Waals surface area contributed by atoms with Crippen molar-refractivity contribution >= 4 is 17.4 Å². The van der Waals surface area contributed by atoms with Gasteiger partial charge in [0.05, 0.1) is 0 Å². The number of benzene rings is 2. The minimum atomic E-state index is -0.0123. The highest BCUT2D eigenvalue weighted by molar-refractivity contribution is 6.31. The molecule has 1 heterocycles. The first-order valence-electron chi connectivity index (χ1n) is 9.08. The number of ether oxygens (including phenoxy) is 1. The molecule has 0 unspecified atom stereocenters. The zero-order chi connectivity index (χ0) is 19.4. The summed E-state index contributed by atoms with van der Waals surface area (Å²) in [4.78, 5) is 12.7. The molecule has 3 aromatic rings. The van der Waals surface area contributed by atoms with Crippen LogP contribution < -0.4 is 4.74 Å². The molecule has 3 rings (SSSR count). The van der Waals surface area contributed by atoms with Gasteiger partial charge in [-0.25, -0.2) is 0 Å². The molecule has 0 spiro atoms. The number of ketones is 1. The van der Waals surface area contributed by atoms with Crippen LogP contribution >= 0.6 is 11.6 Å². The lowest BCUT2D eigenvalue weighted by Gasteiger charge is -2.10. The molecule has 0 atom stereocenters. The Hall–Kier alpha value is -2.52. The number of hydrogen-bond acceptors (Lipinski definition) is 2. The van der Waals surface area contributed by atoms with Crippen LogP contribution in [0.4, 0.5) is 0 Å². The van der Waals surface area contributed by atoms with Gasteiger partial charge in [-0.3, -0.25) is 4.79 Å². The number of hydrogen-bond donors (Lipinski definition) is 0. The van der Waals surface area contributed by atoms with E-state index in [0.717, 1.165) is 35.5 Å². The lowest BCUT2D eigenvalue weighted by atomic mass is 10.1. The Morgan fingerprint density at radius 1 is 1.04 bits per heavy atom. The third-order valence-corrected chi connectivity index (χ3v) is 5.26. The van der Waals surface area contributed by atoms with Gasteiger partial charge in [0.1, 0.15) is 5.75 Å². The van der Waals surface area contributed by atoms with Crippen LogP contribution in [-0.4, -0.2) is 17.0 Å². The van der Waals surface area contributed by atoms with Crippen molar-refractivity contribution in [3.05, 3.63) is 87.7 Å². The first-order valence-corrected chi connectivity index (χ1v) is 9.46. The third kappa shape index (κ3) is 4.61. The van der Waals surface area contributed by atoms with Gasteiger partial charge in [-0.15, -0.1) is 0 Å². The van der Waals surface area contributed by atoms with Crippen molar-refractivity contribution in [3.63, 3.8) is 0 Å². The standard InChI is InChI=1S/C23H24ClNO2/c1-16-13-20(9-10-22(16)24)27-15-23(26)21-14-17(2)25(18(21)3)12-11-19-7-5-4-6-8-19/h4-10,13-14H,11-12,15H2,1-3H3. The molecular weight excluding hydrogens is 358 g/mol. The molecule has 3 nitrogen and oxygen atoms in total. The van der Waals surface area contributed by atoms with Crippen LogP contribution in [0.3, 0.4) is 0 Å². The summed E-state index contributed by atoms with van der Waals surface area (Å²) in [5.74, 6) is 0.643. The summed E-state index contributed by atoms with van der Waals surface area (Å²) in [7, 11) is 0. The molecule has 27 heavy (non-hydrogen) atoms. The lowest BCUT2D eigenvalue weighted by Crippen LogP contribution is -2.13. The van der Waals surface area contributed by atoms with E-state index in [2.05, 4.69) is 28.8 Å². The first kappa shape index (κ1) is 19.2. The van der Waals surface area contributed by atoms with Crippen molar-refractivity contribution in [3.8, 4) is 5.75 Å². The van der Waals surface area contributed by atoms with E-state index < -0.39 is 0 Å². The smallest absolute Gasteiger partial charge is 0.202 e. The van der Waals surface area contributed by atoms with E-state index in [1.807, 2.05) is 39.0 Å². The maximum Gasteiger partial charge on any atom is 0.202 e. The Labute approximate surface area is 165 Å². The fourth-order valence-electron chi connectivity index (χ4n) is 3.25. The van der Waals surface area contributed by atoms with Crippen LogP contribution in [0.25, 0.3) is 0 Å². The van der Waals surface area contributed by atoms with Crippen LogP contribution in [0.1, 0.15) is 32.9 Å². The Morgan fingerprint density at radius 2 is 1.78 bits per heavy atom. The van der Waals surface area contributed by atoms with Crippen molar-refractivity contribution in [2.75, 3.05) is 6.61 Å². The van der Waals surface area contributed by atoms with Crippen molar-refractivity contribution in [1.82, 2.24) is 4.57 Å². The highest BCUT2D eigenvalue weighted by atomic mass is 35.5. The van der Waals surface area contributed by atoms with Gasteiger partial charge in [-0.05, 0) is 62.6 Å². The number of carbonyl (C=O) groups is 1. The van der Waals surface area contributed by atoms with Crippen LogP contribution in [-0.2, 0) is 13.0 Å². The Bertz CT molecular complexity index is 945. The minimum Gasteiger partial charge on any atom is -0.485 e. The zero-order valence-electron chi connectivity index (χ0n) is 16.0. The Morgan fingerprint density at radius 3 is 2.48 bits per heavy atom. The molecule has 0 aliphatic rings. The van der Waals surface area contributed by atoms with E-state index in [0.29, 0.717) is 10.8 Å². The van der Waals surface area contributed by atoms with Gasteiger partial charge in [0, 0.05) is 28.5 Å². The van der Waals surface area contributed by atoms with Gasteiger partial charge < -0.3 is 9.30 Å². The average molecular weight is 382 g/mol. The number of carbonyl (C=O) groups excluding carboxylic acids is 1. The number of halogens is 1. The summed E-state index contributed by atoms with van der Waals surface area (Å²) < 4.78 is 7.88. The summed E-state index contributed by atoms with van der Waals surface area (Å²) in [6.45, 7) is 6.82. The van der Waals surface area contributed by atoms with Gasteiger partial charge >= 0.3 is 0 Å². The predicted octanol–water partition coefficient (Wildman–Crippen LogP) is 5.57. The number of nitrogens with zero attached hydrogens (tertiary/aromatic N) is 1. The molecule has 4 heteroatoms. The van der Waals surface area contributed by atoms with Crippen LogP contribution in [0.5, 0.6) is 5.75 Å². The second-order valence-corrected chi connectivity index (χ2v) is 7.20. The van der Waals surface area contributed by atoms with Crippen molar-refractivity contribution in [2.24, 2.45) is 0 Å². The van der Waals surface area contributed by atoms with Gasteiger partial charge in [0.2, 0.25) is 5.78 Å². The normalized spacial score (nSPS) is 10.8. The quantitative estimate of drug-likeness (QED) is 0.501. The van der Waals surface area contributed by atoms with Crippen LogP contribution in [0, 0.1) is 20.8 Å². The van der Waals surface area contributed by atoms with E-state index >= 15 is 0 Å². The summed E-state index contributed by atoms with van der Waals surface area (Å²) in [6, 6.07) is 17.7. The second kappa shape index (κ2) is 8.45. The van der Waals surface area contributed by atoms with E-state index in [1.165, 1.54) is 5.56 Å². The molecule has 140 valence electrons. The molecule has 1 aromatic heterocycles. The van der Waals surface area contributed by atoms with Gasteiger partial charge in [0.15, 0.2) is 6.61 Å². The van der Waals surface area contributed by atoms with Crippen molar-refractivity contribution in [1.29, 1.82) is 0 Å². The van der Waals surface area contributed by atoms with Crippen LogP contribution in [0.15, 0.2) is 54.6 Å². The molecule has 2 aromatic carbocycles. The summed E-state index contributed by atoms with van der Waals surface area (Å²) >= 11 is 6.03. The monoisotopic (exact) mass is 381 g/mol. The molecule has 0 N–H and O–H groups in total. The number of rotatable bonds is 7. The number of Topliss-reactive ketones (excluding diaryl/α,β-unsaturated/α-hetero) is 1. The summed E-state index contributed by atoms with van der Waals surface area (Å²) in [6.07, 6.45) is 0.936. The van der Waals surface area contributed by atoms with Crippen molar-refractivity contribution < 1.29 is 9.53 Å². The highest BCUT2D eigenvalue weighted by Gasteiger charge is 2.16. The molecule has 0 saturated heterocycles. The fraction of sp³-hybridized carbons (Fsp3) is 0.261. The Kier molecular flexibility index (Phi) is 6.02. The first-order chi connectivity index (χ1) is 13.0. The summed E-state index contributed by atoms with van der Waals surface area (Å²) in [5, 5.41) is 0.690.